The number of rotatable bonds is 6. The zero-order valence-electron chi connectivity index (χ0n) is 13.8. The molecule has 1 N–H and O–H groups in total. The number of nitrogens with one attached hydrogen (secondary N) is 1. The monoisotopic (exact) mass is 273 g/mol. The summed E-state index contributed by atoms with van der Waals surface area (Å²) < 4.78 is 0. The van der Waals surface area contributed by atoms with E-state index >= 15 is 0 Å². The summed E-state index contributed by atoms with van der Waals surface area (Å²) in [7, 11) is 0. The maximum atomic E-state index is 3.77. The minimum absolute atomic E-state index is 0.439. The standard InChI is InChI=1S/C19H31N/c1-5-15-10-11-17(14-16(15)6-2)18(20-7-3)19(4)12-8-9-13-19/h10-11,14,18,20H,5-9,12-13H2,1-4H3. The Labute approximate surface area is 125 Å². The molecule has 0 bridgehead atoms. The van der Waals surface area contributed by atoms with E-state index in [1.54, 1.807) is 0 Å². The van der Waals surface area contributed by atoms with Crippen LogP contribution in [0.25, 0.3) is 0 Å². The molecule has 1 nitrogen and oxygen atoms in total. The molecule has 1 aromatic rings. The second-order valence-electron chi connectivity index (χ2n) is 6.59. The molecule has 1 saturated carbocycles. The van der Waals surface area contributed by atoms with E-state index in [1.807, 2.05) is 0 Å². The second-order valence-corrected chi connectivity index (χ2v) is 6.59. The lowest BCUT2D eigenvalue weighted by molar-refractivity contribution is 0.226. The largest absolute Gasteiger partial charge is 0.310 e. The van der Waals surface area contributed by atoms with Crippen LogP contribution in [-0.2, 0) is 12.8 Å². The molecule has 1 heteroatoms. The van der Waals surface area contributed by atoms with Crippen molar-refractivity contribution in [1.29, 1.82) is 0 Å². The Morgan fingerprint density at radius 2 is 1.70 bits per heavy atom. The lowest BCUT2D eigenvalue weighted by atomic mass is 9.76. The summed E-state index contributed by atoms with van der Waals surface area (Å²) >= 11 is 0. The third-order valence-corrected chi connectivity index (χ3v) is 5.18. The smallest absolute Gasteiger partial charge is 0.0374 e. The molecule has 0 amide bonds. The van der Waals surface area contributed by atoms with Gasteiger partial charge in [-0.15, -0.1) is 0 Å². The Kier molecular flexibility index (Phi) is 5.26. The van der Waals surface area contributed by atoms with Gasteiger partial charge in [0.2, 0.25) is 0 Å². The molecule has 112 valence electrons. The number of aryl methyl sites for hydroxylation is 2. The first kappa shape index (κ1) is 15.6. The Hall–Kier alpha value is -0.820. The van der Waals surface area contributed by atoms with Crippen LogP contribution in [0.2, 0.25) is 0 Å². The summed E-state index contributed by atoms with van der Waals surface area (Å²) in [5.74, 6) is 0. The maximum Gasteiger partial charge on any atom is 0.0374 e. The van der Waals surface area contributed by atoms with Crippen LogP contribution in [0.4, 0.5) is 0 Å². The molecule has 0 aliphatic heterocycles. The lowest BCUT2D eigenvalue weighted by Gasteiger charge is -2.35. The van der Waals surface area contributed by atoms with Gasteiger partial charge >= 0.3 is 0 Å². The minimum atomic E-state index is 0.439. The van der Waals surface area contributed by atoms with E-state index in [9.17, 15) is 0 Å². The van der Waals surface area contributed by atoms with Crippen LogP contribution in [0.15, 0.2) is 18.2 Å². The molecule has 20 heavy (non-hydrogen) atoms. The van der Waals surface area contributed by atoms with Gasteiger partial charge in [-0.25, -0.2) is 0 Å². The summed E-state index contributed by atoms with van der Waals surface area (Å²) in [5, 5.41) is 3.77. The van der Waals surface area contributed by atoms with Gasteiger partial charge in [0, 0.05) is 6.04 Å². The van der Waals surface area contributed by atoms with Crippen LogP contribution in [-0.4, -0.2) is 6.54 Å². The SMILES string of the molecule is CCNC(c1ccc(CC)c(CC)c1)C1(C)CCCC1. The minimum Gasteiger partial charge on any atom is -0.310 e. The zero-order valence-corrected chi connectivity index (χ0v) is 13.8. The molecule has 1 aliphatic rings. The van der Waals surface area contributed by atoms with Crippen molar-refractivity contribution in [2.75, 3.05) is 6.54 Å². The van der Waals surface area contributed by atoms with E-state index in [4.69, 9.17) is 0 Å². The van der Waals surface area contributed by atoms with Crippen molar-refractivity contribution >= 4 is 0 Å². The number of hydrogen-bond donors (Lipinski definition) is 1. The topological polar surface area (TPSA) is 12.0 Å². The van der Waals surface area contributed by atoms with Crippen LogP contribution in [0.5, 0.6) is 0 Å². The van der Waals surface area contributed by atoms with Gasteiger partial charge in [0.15, 0.2) is 0 Å². The fourth-order valence-electron chi connectivity index (χ4n) is 3.94. The first-order valence-electron chi connectivity index (χ1n) is 8.49. The van der Waals surface area contributed by atoms with Gasteiger partial charge in [-0.2, -0.15) is 0 Å². The van der Waals surface area contributed by atoms with E-state index in [0.29, 0.717) is 11.5 Å². The van der Waals surface area contributed by atoms with Crippen LogP contribution in [0, 0.1) is 5.41 Å². The van der Waals surface area contributed by atoms with Crippen molar-refractivity contribution in [3.8, 4) is 0 Å². The van der Waals surface area contributed by atoms with Crippen LogP contribution in [0.1, 0.15) is 76.1 Å². The van der Waals surface area contributed by atoms with Crippen LogP contribution in [0.3, 0.4) is 0 Å². The molecular weight excluding hydrogens is 242 g/mol. The highest BCUT2D eigenvalue weighted by Crippen LogP contribution is 2.47. The van der Waals surface area contributed by atoms with Gasteiger partial charge in [0.1, 0.15) is 0 Å². The average Bonchev–Trinajstić information content (AvgIpc) is 2.91. The highest BCUT2D eigenvalue weighted by atomic mass is 14.9. The van der Waals surface area contributed by atoms with Crippen molar-refractivity contribution in [2.24, 2.45) is 5.41 Å². The second kappa shape index (κ2) is 6.76. The van der Waals surface area contributed by atoms with Crippen molar-refractivity contribution in [2.45, 2.75) is 72.3 Å². The molecule has 2 rings (SSSR count). The Bertz CT molecular complexity index is 429. The normalized spacial score (nSPS) is 19.2. The molecule has 1 atom stereocenters. The summed E-state index contributed by atoms with van der Waals surface area (Å²) in [6, 6.07) is 7.72. The quantitative estimate of drug-likeness (QED) is 0.765. The maximum absolute atomic E-state index is 3.77. The molecule has 0 radical (unpaired) electrons. The molecule has 0 heterocycles. The van der Waals surface area contributed by atoms with Gasteiger partial charge in [-0.3, -0.25) is 0 Å². The molecule has 1 aromatic carbocycles. The van der Waals surface area contributed by atoms with Gasteiger partial charge in [0.05, 0.1) is 0 Å². The van der Waals surface area contributed by atoms with Gasteiger partial charge in [0.25, 0.3) is 0 Å². The zero-order chi connectivity index (χ0) is 14.6. The summed E-state index contributed by atoms with van der Waals surface area (Å²) in [6.07, 6.45) is 7.81. The third kappa shape index (κ3) is 3.09. The van der Waals surface area contributed by atoms with Crippen molar-refractivity contribution in [3.05, 3.63) is 34.9 Å². The summed E-state index contributed by atoms with van der Waals surface area (Å²) in [5.41, 5.74) is 5.00. The molecule has 1 aliphatic carbocycles. The summed E-state index contributed by atoms with van der Waals surface area (Å²) in [6.45, 7) is 10.3. The van der Waals surface area contributed by atoms with Crippen molar-refractivity contribution in [3.63, 3.8) is 0 Å². The van der Waals surface area contributed by atoms with Crippen LogP contribution < -0.4 is 5.32 Å². The number of benzene rings is 1. The fraction of sp³-hybridized carbons (Fsp3) is 0.684. The van der Waals surface area contributed by atoms with E-state index in [-0.39, 0.29) is 0 Å². The lowest BCUT2D eigenvalue weighted by Crippen LogP contribution is -2.34. The first-order valence-corrected chi connectivity index (χ1v) is 8.49. The van der Waals surface area contributed by atoms with Crippen molar-refractivity contribution < 1.29 is 0 Å². The molecule has 0 saturated heterocycles. The Morgan fingerprint density at radius 1 is 1.05 bits per heavy atom. The highest BCUT2D eigenvalue weighted by Gasteiger charge is 2.37. The predicted molar refractivity (Wildman–Crippen MR) is 88.2 cm³/mol. The first-order chi connectivity index (χ1) is 9.64. The molecule has 1 unspecified atom stereocenters. The van der Waals surface area contributed by atoms with Crippen molar-refractivity contribution in [1.82, 2.24) is 5.32 Å². The highest BCUT2D eigenvalue weighted by molar-refractivity contribution is 5.34. The van der Waals surface area contributed by atoms with E-state index in [0.717, 1.165) is 19.4 Å². The Balaban J connectivity index is 2.34. The van der Waals surface area contributed by atoms with Crippen LogP contribution >= 0.6 is 0 Å². The van der Waals surface area contributed by atoms with E-state index < -0.39 is 0 Å². The van der Waals surface area contributed by atoms with E-state index in [1.165, 1.54) is 42.4 Å². The third-order valence-electron chi connectivity index (χ3n) is 5.18. The van der Waals surface area contributed by atoms with Gasteiger partial charge in [-0.1, -0.05) is 58.7 Å². The molecule has 0 aromatic heterocycles. The Morgan fingerprint density at radius 3 is 2.25 bits per heavy atom. The van der Waals surface area contributed by atoms with E-state index in [2.05, 4.69) is 51.2 Å². The summed E-state index contributed by atoms with van der Waals surface area (Å²) in [4.78, 5) is 0. The molecule has 0 spiro atoms. The van der Waals surface area contributed by atoms with Gasteiger partial charge in [-0.05, 0) is 54.3 Å². The fourth-order valence-corrected chi connectivity index (χ4v) is 3.94. The molecular formula is C19H31N. The molecule has 1 fully saturated rings. The average molecular weight is 273 g/mol. The number of hydrogen-bond acceptors (Lipinski definition) is 1. The van der Waals surface area contributed by atoms with Gasteiger partial charge < -0.3 is 5.32 Å². The predicted octanol–water partition coefficient (Wildman–Crippen LogP) is 5.04.